The minimum absolute atomic E-state index is 0.0260. The van der Waals surface area contributed by atoms with Crippen molar-refractivity contribution in [1.29, 1.82) is 0 Å². The number of fused-ring (bicyclic) bond motifs is 1. The monoisotopic (exact) mass is 582 g/mol. The molecule has 0 saturated heterocycles. The van der Waals surface area contributed by atoms with Crippen LogP contribution in [0, 0.1) is 5.82 Å². The highest BCUT2D eigenvalue weighted by Gasteiger charge is 2.39. The Kier molecular flexibility index (Phi) is 8.36. The van der Waals surface area contributed by atoms with Crippen molar-refractivity contribution >= 4 is 56.6 Å². The molecule has 3 heterocycles. The molecule has 4 N–H and O–H groups in total. The van der Waals surface area contributed by atoms with Crippen LogP contribution in [0.4, 0.5) is 15.1 Å². The lowest BCUT2D eigenvalue weighted by atomic mass is 10.1. The first-order chi connectivity index (χ1) is 19.4. The molecule has 0 unspecified atom stereocenters. The van der Waals surface area contributed by atoms with E-state index in [-0.39, 0.29) is 22.9 Å². The molecule has 2 aromatic heterocycles. The first kappa shape index (κ1) is 27.7. The molecule has 0 saturated carbocycles. The third-order valence-corrected chi connectivity index (χ3v) is 9.06. The van der Waals surface area contributed by atoms with E-state index in [2.05, 4.69) is 15.6 Å². The number of esters is 1. The number of halogens is 1. The second kappa shape index (κ2) is 12.1. The zero-order valence-corrected chi connectivity index (χ0v) is 23.3. The largest absolute Gasteiger partial charge is 0.467 e. The van der Waals surface area contributed by atoms with E-state index in [0.717, 1.165) is 54.3 Å². The molecule has 5 rings (SSSR count). The van der Waals surface area contributed by atoms with Gasteiger partial charge in [-0.15, -0.1) is 11.3 Å². The number of hydrogen-bond acceptors (Lipinski definition) is 9. The maximum Gasteiger partial charge on any atom is 0.341 e. The molecule has 0 fully saturated rings. The number of thiophene rings is 1. The average Bonchev–Trinajstić information content (AvgIpc) is 3.62. The summed E-state index contributed by atoms with van der Waals surface area (Å²) in [4.78, 5) is 45.2. The Hall–Kier alpha value is -3.90. The van der Waals surface area contributed by atoms with Crippen molar-refractivity contribution < 1.29 is 27.9 Å². The highest BCUT2D eigenvalue weighted by atomic mass is 32.2. The topological polar surface area (TPSA) is 136 Å². The van der Waals surface area contributed by atoms with Gasteiger partial charge in [0.05, 0.1) is 31.1 Å². The maximum absolute atomic E-state index is 13.6. The second-order valence-corrected chi connectivity index (χ2v) is 11.4. The average molecular weight is 583 g/mol. The molecule has 0 radical (unpaired) electrons. The van der Waals surface area contributed by atoms with Crippen LogP contribution in [0.3, 0.4) is 0 Å². The number of furan rings is 1. The predicted octanol–water partition coefficient (Wildman–Crippen LogP) is 5.04. The van der Waals surface area contributed by atoms with Gasteiger partial charge in [-0.3, -0.25) is 14.6 Å². The van der Waals surface area contributed by atoms with E-state index in [0.29, 0.717) is 22.0 Å². The number of nitrogens with two attached hydrogens (primary N) is 1. The van der Waals surface area contributed by atoms with Crippen LogP contribution < -0.4 is 16.4 Å². The first-order valence-corrected chi connectivity index (χ1v) is 14.4. The predicted molar refractivity (Wildman–Crippen MR) is 153 cm³/mol. The third kappa shape index (κ3) is 5.82. The van der Waals surface area contributed by atoms with Gasteiger partial charge in [-0.2, -0.15) is 0 Å². The summed E-state index contributed by atoms with van der Waals surface area (Å²) in [5.41, 5.74) is 8.16. The Bertz CT molecular complexity index is 1500. The smallest absolute Gasteiger partial charge is 0.341 e. The van der Waals surface area contributed by atoms with Gasteiger partial charge in [0, 0.05) is 16.3 Å². The Morgan fingerprint density at radius 2 is 1.90 bits per heavy atom. The fraction of sp³-hybridized carbons (Fsp3) is 0.286. The van der Waals surface area contributed by atoms with E-state index in [9.17, 15) is 18.8 Å². The molecule has 3 aromatic rings. The number of rotatable bonds is 7. The quantitative estimate of drug-likeness (QED) is 0.262. The van der Waals surface area contributed by atoms with Crippen molar-refractivity contribution in [1.82, 2.24) is 0 Å². The Labute approximate surface area is 238 Å². The highest BCUT2D eigenvalue weighted by Crippen LogP contribution is 2.40. The second-order valence-electron chi connectivity index (χ2n) is 9.24. The highest BCUT2D eigenvalue weighted by molar-refractivity contribution is 8.16. The van der Waals surface area contributed by atoms with Crippen LogP contribution in [0.15, 0.2) is 63.3 Å². The number of amides is 2. The van der Waals surface area contributed by atoms with Gasteiger partial charge in [-0.25, -0.2) is 9.18 Å². The SMILES string of the molecule is COC(=O)c1c(NC(=O)[C@H]2SC(=NCc3ccco3)C(C(=O)Nc3ccc(F)cc3)=C2N)sc2c1CCCCC2. The molecule has 1 aliphatic heterocycles. The Morgan fingerprint density at radius 1 is 1.12 bits per heavy atom. The lowest BCUT2D eigenvalue weighted by Crippen LogP contribution is -2.29. The number of aryl methyl sites for hydroxylation is 1. The van der Waals surface area contributed by atoms with Crippen molar-refractivity contribution in [2.24, 2.45) is 10.7 Å². The van der Waals surface area contributed by atoms with Crippen molar-refractivity contribution in [2.45, 2.75) is 43.9 Å². The molecule has 12 heteroatoms. The van der Waals surface area contributed by atoms with Crippen molar-refractivity contribution in [3.05, 3.63) is 81.5 Å². The lowest BCUT2D eigenvalue weighted by Gasteiger charge is -2.12. The molecule has 0 bridgehead atoms. The van der Waals surface area contributed by atoms with Crippen molar-refractivity contribution in [2.75, 3.05) is 17.7 Å². The molecule has 40 heavy (non-hydrogen) atoms. The fourth-order valence-electron chi connectivity index (χ4n) is 4.63. The summed E-state index contributed by atoms with van der Waals surface area (Å²) >= 11 is 2.42. The normalized spacial score (nSPS) is 17.9. The van der Waals surface area contributed by atoms with Gasteiger partial charge in [0.25, 0.3) is 5.91 Å². The van der Waals surface area contributed by atoms with Crippen LogP contribution in [0.25, 0.3) is 0 Å². The third-order valence-electron chi connectivity index (χ3n) is 6.59. The number of methoxy groups -OCH3 is 1. The van der Waals surface area contributed by atoms with Crippen LogP contribution in [0.5, 0.6) is 0 Å². The number of benzene rings is 1. The van der Waals surface area contributed by atoms with E-state index in [4.69, 9.17) is 14.9 Å². The first-order valence-electron chi connectivity index (χ1n) is 12.7. The van der Waals surface area contributed by atoms with Gasteiger partial charge in [0.2, 0.25) is 5.91 Å². The van der Waals surface area contributed by atoms with Gasteiger partial charge in [0.1, 0.15) is 26.9 Å². The van der Waals surface area contributed by atoms with Gasteiger partial charge < -0.3 is 25.5 Å². The minimum Gasteiger partial charge on any atom is -0.467 e. The number of thioether (sulfide) groups is 1. The molecule has 0 spiro atoms. The summed E-state index contributed by atoms with van der Waals surface area (Å²) in [6.45, 7) is 0.133. The number of carbonyl (C=O) groups excluding carboxylic acids is 3. The maximum atomic E-state index is 13.6. The minimum atomic E-state index is -0.975. The zero-order valence-electron chi connectivity index (χ0n) is 21.6. The van der Waals surface area contributed by atoms with Gasteiger partial charge in [0.15, 0.2) is 0 Å². The molecular weight excluding hydrogens is 555 g/mol. The summed E-state index contributed by atoms with van der Waals surface area (Å²) in [5, 5.41) is 5.28. The molecule has 1 aromatic carbocycles. The molecule has 1 aliphatic carbocycles. The van der Waals surface area contributed by atoms with Crippen LogP contribution in [0.2, 0.25) is 0 Å². The number of aliphatic imine (C=N–C) groups is 1. The van der Waals surface area contributed by atoms with Crippen molar-refractivity contribution in [3.8, 4) is 0 Å². The fourth-order valence-corrected chi connectivity index (χ4v) is 7.02. The van der Waals surface area contributed by atoms with E-state index in [1.54, 1.807) is 12.1 Å². The molecule has 9 nitrogen and oxygen atoms in total. The van der Waals surface area contributed by atoms with Gasteiger partial charge in [-0.05, 0) is 67.6 Å². The van der Waals surface area contributed by atoms with E-state index >= 15 is 0 Å². The van der Waals surface area contributed by atoms with Gasteiger partial charge in [-0.1, -0.05) is 18.2 Å². The summed E-state index contributed by atoms with van der Waals surface area (Å²) < 4.78 is 23.7. The summed E-state index contributed by atoms with van der Waals surface area (Å²) in [5.74, 6) is -1.44. The molecule has 2 aliphatic rings. The van der Waals surface area contributed by atoms with Crippen LogP contribution in [-0.4, -0.2) is 35.2 Å². The van der Waals surface area contributed by atoms with E-state index < -0.39 is 28.9 Å². The lowest BCUT2D eigenvalue weighted by molar-refractivity contribution is -0.115. The number of carbonyl (C=O) groups is 3. The number of anilines is 2. The van der Waals surface area contributed by atoms with Crippen LogP contribution >= 0.6 is 23.1 Å². The van der Waals surface area contributed by atoms with E-state index in [1.165, 1.54) is 49.0 Å². The summed E-state index contributed by atoms with van der Waals surface area (Å²) in [6.07, 6.45) is 6.13. The molecule has 208 valence electrons. The van der Waals surface area contributed by atoms with E-state index in [1.807, 2.05) is 0 Å². The number of ether oxygens (including phenoxy) is 1. The Morgan fingerprint density at radius 3 is 2.62 bits per heavy atom. The summed E-state index contributed by atoms with van der Waals surface area (Å²) in [6, 6.07) is 8.76. The van der Waals surface area contributed by atoms with Gasteiger partial charge >= 0.3 is 5.97 Å². The Balaban J connectivity index is 1.44. The summed E-state index contributed by atoms with van der Waals surface area (Å²) in [7, 11) is 1.32. The van der Waals surface area contributed by atoms with Crippen LogP contribution in [-0.2, 0) is 33.7 Å². The molecular formula is C28H27FN4O5S2. The molecule has 2 amide bonds. The molecule has 1 atom stereocenters. The standard InChI is InChI=1S/C28H27FN4O5S2/c1-37-28(36)20-18-7-3-2-4-8-19(18)39-27(20)33-25(35)23-22(30)21(24(34)32-16-11-9-15(29)10-12-16)26(40-23)31-14-17-6-5-13-38-17/h5-6,9-13,23H,2-4,7-8,14,30H2,1H3,(H,32,34)(H,33,35)/t23-/m0/s1. The zero-order chi connectivity index (χ0) is 28.2. The number of nitrogens with one attached hydrogen (secondary N) is 2. The van der Waals surface area contributed by atoms with Crippen LogP contribution in [0.1, 0.15) is 45.8 Å². The van der Waals surface area contributed by atoms with Crippen molar-refractivity contribution in [3.63, 3.8) is 0 Å². The number of hydrogen-bond donors (Lipinski definition) is 3. The number of nitrogens with zero attached hydrogens (tertiary/aromatic N) is 1.